The van der Waals surface area contributed by atoms with Crippen molar-refractivity contribution in [2.24, 2.45) is 0 Å². The lowest BCUT2D eigenvalue weighted by atomic mass is 10.1. The van der Waals surface area contributed by atoms with Crippen LogP contribution in [-0.2, 0) is 10.0 Å². The number of hydrogen-bond acceptors (Lipinski definition) is 4. The van der Waals surface area contributed by atoms with E-state index in [4.69, 9.17) is 16.3 Å². The van der Waals surface area contributed by atoms with Crippen molar-refractivity contribution in [1.82, 2.24) is 5.32 Å². The van der Waals surface area contributed by atoms with Gasteiger partial charge in [0.15, 0.2) is 0 Å². The third-order valence-electron chi connectivity index (χ3n) is 4.71. The molecule has 3 aromatic carbocycles. The van der Waals surface area contributed by atoms with Crippen LogP contribution in [0.25, 0.3) is 0 Å². The number of methoxy groups -OCH3 is 1. The number of halogens is 1. The van der Waals surface area contributed by atoms with Crippen LogP contribution in [0.5, 0.6) is 5.75 Å². The van der Waals surface area contributed by atoms with Crippen LogP contribution < -0.4 is 14.8 Å². The number of nitrogens with one attached hydrogen (secondary N) is 2. The Labute approximate surface area is 187 Å². The zero-order chi connectivity index (χ0) is 22.6. The molecule has 1 atom stereocenters. The lowest BCUT2D eigenvalue weighted by Gasteiger charge is -2.18. The number of amides is 1. The fourth-order valence-corrected chi connectivity index (χ4v) is 4.73. The Morgan fingerprint density at radius 1 is 1.03 bits per heavy atom. The number of carbonyl (C=O) groups excluding carboxylic acids is 1. The molecule has 31 heavy (non-hydrogen) atoms. The summed E-state index contributed by atoms with van der Waals surface area (Å²) in [5.74, 6) is 0.221. The summed E-state index contributed by atoms with van der Waals surface area (Å²) in [7, 11) is -2.43. The molecule has 1 amide bonds. The van der Waals surface area contributed by atoms with E-state index in [2.05, 4.69) is 10.0 Å². The monoisotopic (exact) mass is 458 g/mol. The van der Waals surface area contributed by atoms with Gasteiger partial charge < -0.3 is 10.1 Å². The highest BCUT2D eigenvalue weighted by molar-refractivity contribution is 7.92. The lowest BCUT2D eigenvalue weighted by Crippen LogP contribution is -2.27. The molecule has 0 heterocycles. The molecule has 0 aliphatic rings. The SMILES string of the molecule is COc1ccccc1[C@@H](C)NC(=O)c1ccc(Cl)c(S(=O)(=O)Nc2cccc(C)c2)c1. The predicted molar refractivity (Wildman–Crippen MR) is 122 cm³/mol. The molecule has 8 heteroatoms. The second-order valence-corrected chi connectivity index (χ2v) is 9.12. The molecule has 3 rings (SSSR count). The standard InChI is InChI=1S/C23H23ClN2O4S/c1-15-7-6-8-18(13-15)26-31(28,29)22-14-17(11-12-20(22)24)23(27)25-16(2)19-9-4-5-10-21(19)30-3/h4-14,16,26H,1-3H3,(H,25,27)/t16-/m1/s1. The van der Waals surface area contributed by atoms with Gasteiger partial charge in [-0.15, -0.1) is 0 Å². The van der Waals surface area contributed by atoms with Gasteiger partial charge in [-0.05, 0) is 55.8 Å². The van der Waals surface area contributed by atoms with Gasteiger partial charge in [0.1, 0.15) is 10.6 Å². The number of carbonyl (C=O) groups is 1. The second kappa shape index (κ2) is 9.41. The molecule has 0 saturated heterocycles. The summed E-state index contributed by atoms with van der Waals surface area (Å²) < 4.78 is 33.6. The van der Waals surface area contributed by atoms with Crippen LogP contribution in [0.4, 0.5) is 5.69 Å². The van der Waals surface area contributed by atoms with Crippen LogP contribution >= 0.6 is 11.6 Å². The number of sulfonamides is 1. The fourth-order valence-electron chi connectivity index (χ4n) is 3.15. The molecule has 0 saturated carbocycles. The van der Waals surface area contributed by atoms with E-state index in [0.717, 1.165) is 11.1 Å². The highest BCUT2D eigenvalue weighted by Crippen LogP contribution is 2.27. The maximum absolute atomic E-state index is 12.9. The van der Waals surface area contributed by atoms with Crippen molar-refractivity contribution < 1.29 is 17.9 Å². The minimum atomic E-state index is -3.99. The number of hydrogen-bond donors (Lipinski definition) is 2. The van der Waals surface area contributed by atoms with Crippen molar-refractivity contribution in [1.29, 1.82) is 0 Å². The molecule has 0 fully saturated rings. The number of ether oxygens (including phenoxy) is 1. The number of para-hydroxylation sites is 1. The van der Waals surface area contributed by atoms with Crippen molar-refractivity contribution in [2.75, 3.05) is 11.8 Å². The molecular formula is C23H23ClN2O4S. The Hall–Kier alpha value is -3.03. The molecule has 0 bridgehead atoms. The van der Waals surface area contributed by atoms with Crippen molar-refractivity contribution in [3.63, 3.8) is 0 Å². The minimum absolute atomic E-state index is 0.0227. The van der Waals surface area contributed by atoms with E-state index < -0.39 is 15.9 Å². The van der Waals surface area contributed by atoms with Gasteiger partial charge in [-0.1, -0.05) is 41.9 Å². The largest absolute Gasteiger partial charge is 0.496 e. The molecule has 0 aliphatic heterocycles. The van der Waals surface area contributed by atoms with E-state index in [1.54, 1.807) is 25.3 Å². The zero-order valence-corrected chi connectivity index (χ0v) is 18.9. The Morgan fingerprint density at radius 2 is 1.77 bits per heavy atom. The maximum atomic E-state index is 12.9. The highest BCUT2D eigenvalue weighted by atomic mass is 35.5. The first kappa shape index (κ1) is 22.7. The van der Waals surface area contributed by atoms with Gasteiger partial charge >= 0.3 is 0 Å². The Morgan fingerprint density at radius 3 is 2.48 bits per heavy atom. The molecule has 0 radical (unpaired) electrons. The fraction of sp³-hybridized carbons (Fsp3) is 0.174. The van der Waals surface area contributed by atoms with E-state index in [0.29, 0.717) is 11.4 Å². The first-order valence-electron chi connectivity index (χ1n) is 9.54. The number of benzene rings is 3. The summed E-state index contributed by atoms with van der Waals surface area (Å²) in [6, 6.07) is 18.1. The van der Waals surface area contributed by atoms with Crippen molar-refractivity contribution >= 4 is 33.2 Å². The van der Waals surface area contributed by atoms with Crippen LogP contribution in [0.1, 0.15) is 34.5 Å². The summed E-state index contributed by atoms with van der Waals surface area (Å²) in [6.07, 6.45) is 0. The molecule has 0 unspecified atom stereocenters. The van der Waals surface area contributed by atoms with Crippen LogP contribution in [0.3, 0.4) is 0 Å². The molecule has 6 nitrogen and oxygen atoms in total. The van der Waals surface area contributed by atoms with Gasteiger partial charge in [-0.3, -0.25) is 9.52 Å². The van der Waals surface area contributed by atoms with E-state index in [1.807, 2.05) is 44.2 Å². The summed E-state index contributed by atoms with van der Waals surface area (Å²) in [4.78, 5) is 12.6. The first-order chi connectivity index (χ1) is 14.7. The average Bonchev–Trinajstić information content (AvgIpc) is 2.73. The number of anilines is 1. The third kappa shape index (κ3) is 5.37. The van der Waals surface area contributed by atoms with E-state index in [9.17, 15) is 13.2 Å². The smallest absolute Gasteiger partial charge is 0.263 e. The van der Waals surface area contributed by atoms with E-state index >= 15 is 0 Å². The van der Waals surface area contributed by atoms with Gasteiger partial charge in [0.25, 0.3) is 15.9 Å². The van der Waals surface area contributed by atoms with Crippen LogP contribution in [0.2, 0.25) is 5.02 Å². The van der Waals surface area contributed by atoms with Crippen molar-refractivity contribution in [3.05, 3.63) is 88.4 Å². The lowest BCUT2D eigenvalue weighted by molar-refractivity contribution is 0.0939. The van der Waals surface area contributed by atoms with E-state index in [-0.39, 0.29) is 21.5 Å². The van der Waals surface area contributed by atoms with Gasteiger partial charge in [0.05, 0.1) is 18.2 Å². The molecule has 0 aliphatic carbocycles. The van der Waals surface area contributed by atoms with Gasteiger partial charge in [0, 0.05) is 16.8 Å². The van der Waals surface area contributed by atoms with Gasteiger partial charge in [-0.25, -0.2) is 8.42 Å². The maximum Gasteiger partial charge on any atom is 0.263 e. The molecule has 0 spiro atoms. The molecular weight excluding hydrogens is 436 g/mol. The molecule has 2 N–H and O–H groups in total. The highest BCUT2D eigenvalue weighted by Gasteiger charge is 2.22. The average molecular weight is 459 g/mol. The Bertz CT molecular complexity index is 1210. The van der Waals surface area contributed by atoms with Crippen LogP contribution in [-0.4, -0.2) is 21.4 Å². The van der Waals surface area contributed by atoms with Crippen LogP contribution in [0, 0.1) is 6.92 Å². The Balaban J connectivity index is 1.85. The van der Waals surface area contributed by atoms with E-state index in [1.165, 1.54) is 18.2 Å². The Kier molecular flexibility index (Phi) is 6.87. The number of rotatable bonds is 7. The van der Waals surface area contributed by atoms with Crippen LogP contribution in [0.15, 0.2) is 71.6 Å². The first-order valence-corrected chi connectivity index (χ1v) is 11.4. The minimum Gasteiger partial charge on any atom is -0.496 e. The zero-order valence-electron chi connectivity index (χ0n) is 17.3. The van der Waals surface area contributed by atoms with Gasteiger partial charge in [0.2, 0.25) is 0 Å². The van der Waals surface area contributed by atoms with Gasteiger partial charge in [-0.2, -0.15) is 0 Å². The quantitative estimate of drug-likeness (QED) is 0.524. The molecule has 0 aromatic heterocycles. The summed E-state index contributed by atoms with van der Waals surface area (Å²) in [5.41, 5.74) is 2.30. The summed E-state index contributed by atoms with van der Waals surface area (Å²) in [5, 5.41) is 2.89. The molecule has 3 aromatic rings. The summed E-state index contributed by atoms with van der Waals surface area (Å²) in [6.45, 7) is 3.68. The number of aryl methyl sites for hydroxylation is 1. The third-order valence-corrected chi connectivity index (χ3v) is 6.57. The normalized spacial score (nSPS) is 12.1. The van der Waals surface area contributed by atoms with Crippen molar-refractivity contribution in [2.45, 2.75) is 24.8 Å². The van der Waals surface area contributed by atoms with Crippen molar-refractivity contribution in [3.8, 4) is 5.75 Å². The summed E-state index contributed by atoms with van der Waals surface area (Å²) >= 11 is 6.16. The second-order valence-electron chi connectivity index (χ2n) is 7.06. The topological polar surface area (TPSA) is 84.5 Å². The predicted octanol–water partition coefficient (Wildman–Crippen LogP) is 4.95. The molecule has 162 valence electrons.